The van der Waals surface area contributed by atoms with Crippen LogP contribution in [0.2, 0.25) is 0 Å². The third kappa shape index (κ3) is 0.756. The molecule has 4 heteroatoms. The van der Waals surface area contributed by atoms with E-state index < -0.39 is 0 Å². The van der Waals surface area contributed by atoms with Crippen LogP contribution in [0.1, 0.15) is 0 Å². The van der Waals surface area contributed by atoms with Crippen LogP contribution < -0.4 is 5.73 Å². The highest BCUT2D eigenvalue weighted by molar-refractivity contribution is 5.88. The SMILES string of the molecule is Nc1c[nH]c2nccc(F)c12. The molecule has 0 bridgehead atoms. The molecule has 3 N–H and O–H groups in total. The van der Waals surface area contributed by atoms with Crippen LogP contribution in [0.3, 0.4) is 0 Å². The van der Waals surface area contributed by atoms with Crippen molar-refractivity contribution >= 4 is 16.7 Å². The van der Waals surface area contributed by atoms with E-state index in [1.165, 1.54) is 18.5 Å². The molecule has 0 aliphatic carbocycles. The maximum absolute atomic E-state index is 12.9. The molecule has 11 heavy (non-hydrogen) atoms. The van der Waals surface area contributed by atoms with E-state index in [9.17, 15) is 4.39 Å². The molecule has 0 fully saturated rings. The molecular weight excluding hydrogens is 145 g/mol. The Balaban J connectivity index is 2.96. The Labute approximate surface area is 62.0 Å². The van der Waals surface area contributed by atoms with E-state index in [0.717, 1.165) is 0 Å². The molecule has 0 aliphatic rings. The van der Waals surface area contributed by atoms with Gasteiger partial charge in [-0.1, -0.05) is 0 Å². The lowest BCUT2D eigenvalue weighted by Crippen LogP contribution is -1.84. The number of anilines is 1. The summed E-state index contributed by atoms with van der Waals surface area (Å²) in [5.74, 6) is -0.339. The molecular formula is C7H6FN3. The van der Waals surface area contributed by atoms with Gasteiger partial charge in [-0.25, -0.2) is 9.37 Å². The van der Waals surface area contributed by atoms with Gasteiger partial charge in [-0.3, -0.25) is 0 Å². The van der Waals surface area contributed by atoms with E-state index in [2.05, 4.69) is 9.97 Å². The van der Waals surface area contributed by atoms with Gasteiger partial charge in [0.25, 0.3) is 0 Å². The molecule has 56 valence electrons. The summed E-state index contributed by atoms with van der Waals surface area (Å²) in [6.45, 7) is 0. The van der Waals surface area contributed by atoms with Gasteiger partial charge in [0.15, 0.2) is 0 Å². The van der Waals surface area contributed by atoms with Crippen molar-refractivity contribution in [3.8, 4) is 0 Å². The number of H-pyrrole nitrogens is 1. The maximum Gasteiger partial charge on any atom is 0.142 e. The first-order valence-electron chi connectivity index (χ1n) is 3.16. The van der Waals surface area contributed by atoms with Crippen molar-refractivity contribution in [2.24, 2.45) is 0 Å². The fraction of sp³-hybridized carbons (Fsp3) is 0. The van der Waals surface area contributed by atoms with Gasteiger partial charge in [0.1, 0.15) is 11.5 Å². The Morgan fingerprint density at radius 1 is 1.55 bits per heavy atom. The first kappa shape index (κ1) is 6.15. The van der Waals surface area contributed by atoms with Crippen LogP contribution in [0.5, 0.6) is 0 Å². The fourth-order valence-electron chi connectivity index (χ4n) is 1.04. The zero-order valence-corrected chi connectivity index (χ0v) is 5.63. The van der Waals surface area contributed by atoms with Crippen molar-refractivity contribution in [3.63, 3.8) is 0 Å². The van der Waals surface area contributed by atoms with Gasteiger partial charge in [-0.15, -0.1) is 0 Å². The van der Waals surface area contributed by atoms with Gasteiger partial charge in [-0.05, 0) is 6.07 Å². The van der Waals surface area contributed by atoms with Crippen LogP contribution in [0.4, 0.5) is 10.1 Å². The van der Waals surface area contributed by atoms with Crippen molar-refractivity contribution in [2.75, 3.05) is 5.73 Å². The Morgan fingerprint density at radius 2 is 2.36 bits per heavy atom. The molecule has 0 saturated carbocycles. The van der Waals surface area contributed by atoms with Crippen molar-refractivity contribution in [2.45, 2.75) is 0 Å². The summed E-state index contributed by atoms with van der Waals surface area (Å²) in [5.41, 5.74) is 6.35. The van der Waals surface area contributed by atoms with Gasteiger partial charge in [0.2, 0.25) is 0 Å². The highest BCUT2D eigenvalue weighted by Gasteiger charge is 2.05. The van der Waals surface area contributed by atoms with E-state index >= 15 is 0 Å². The van der Waals surface area contributed by atoms with Crippen LogP contribution in [0.15, 0.2) is 18.5 Å². The average Bonchev–Trinajstić information content (AvgIpc) is 2.34. The number of nitrogens with zero attached hydrogens (tertiary/aromatic N) is 1. The number of aromatic amines is 1. The number of nitrogens with two attached hydrogens (primary N) is 1. The standard InChI is InChI=1S/C7H6FN3/c8-4-1-2-10-7-6(4)5(9)3-11-7/h1-3H,9H2,(H,10,11). The Hall–Kier alpha value is -1.58. The van der Waals surface area contributed by atoms with E-state index in [4.69, 9.17) is 5.73 Å². The molecule has 2 rings (SSSR count). The summed E-state index contributed by atoms with van der Waals surface area (Å²) in [7, 11) is 0. The number of hydrogen-bond acceptors (Lipinski definition) is 2. The summed E-state index contributed by atoms with van der Waals surface area (Å²) >= 11 is 0. The summed E-state index contributed by atoms with van der Waals surface area (Å²) in [4.78, 5) is 6.64. The molecule has 2 heterocycles. The Bertz CT molecular complexity index is 393. The molecule has 3 nitrogen and oxygen atoms in total. The largest absolute Gasteiger partial charge is 0.397 e. The molecule has 0 radical (unpaired) electrons. The van der Waals surface area contributed by atoms with Crippen LogP contribution in [-0.2, 0) is 0 Å². The van der Waals surface area contributed by atoms with Crippen LogP contribution in [0, 0.1) is 5.82 Å². The van der Waals surface area contributed by atoms with Crippen molar-refractivity contribution in [1.82, 2.24) is 9.97 Å². The molecule has 0 spiro atoms. The zero-order chi connectivity index (χ0) is 7.84. The zero-order valence-electron chi connectivity index (χ0n) is 5.63. The van der Waals surface area contributed by atoms with Crippen LogP contribution in [-0.4, -0.2) is 9.97 Å². The summed E-state index contributed by atoms with van der Waals surface area (Å²) in [6.07, 6.45) is 2.92. The monoisotopic (exact) mass is 151 g/mol. The number of aromatic nitrogens is 2. The minimum Gasteiger partial charge on any atom is -0.397 e. The molecule has 0 saturated heterocycles. The molecule has 0 aliphatic heterocycles. The van der Waals surface area contributed by atoms with E-state index in [-0.39, 0.29) is 5.82 Å². The number of hydrogen-bond donors (Lipinski definition) is 2. The predicted octanol–water partition coefficient (Wildman–Crippen LogP) is 1.28. The van der Waals surface area contributed by atoms with Crippen LogP contribution in [0.25, 0.3) is 11.0 Å². The van der Waals surface area contributed by atoms with Crippen molar-refractivity contribution in [3.05, 3.63) is 24.3 Å². The number of nitrogen functional groups attached to an aromatic ring is 1. The first-order valence-corrected chi connectivity index (χ1v) is 3.16. The Kier molecular flexibility index (Phi) is 1.09. The normalized spacial score (nSPS) is 10.6. The minimum atomic E-state index is -0.339. The summed E-state index contributed by atoms with van der Waals surface area (Å²) in [5, 5.41) is 0.368. The van der Waals surface area contributed by atoms with Gasteiger partial charge < -0.3 is 10.7 Å². The number of halogens is 1. The average molecular weight is 151 g/mol. The third-order valence-corrected chi connectivity index (χ3v) is 1.55. The fourth-order valence-corrected chi connectivity index (χ4v) is 1.04. The maximum atomic E-state index is 12.9. The lowest BCUT2D eigenvalue weighted by atomic mass is 10.3. The van der Waals surface area contributed by atoms with Crippen molar-refractivity contribution < 1.29 is 4.39 Å². The minimum absolute atomic E-state index is 0.339. The van der Waals surface area contributed by atoms with Crippen LogP contribution >= 0.6 is 0 Å². The van der Waals surface area contributed by atoms with E-state index in [0.29, 0.717) is 16.7 Å². The molecule has 0 amide bonds. The molecule has 2 aromatic rings. The first-order chi connectivity index (χ1) is 5.29. The van der Waals surface area contributed by atoms with Gasteiger partial charge >= 0.3 is 0 Å². The summed E-state index contributed by atoms with van der Waals surface area (Å²) in [6, 6.07) is 1.28. The highest BCUT2D eigenvalue weighted by Crippen LogP contribution is 2.20. The number of pyridine rings is 1. The molecule has 0 aromatic carbocycles. The quantitative estimate of drug-likeness (QED) is 0.596. The lowest BCUT2D eigenvalue weighted by molar-refractivity contribution is 0.639. The Morgan fingerprint density at radius 3 is 3.09 bits per heavy atom. The number of fused-ring (bicyclic) bond motifs is 1. The third-order valence-electron chi connectivity index (χ3n) is 1.55. The molecule has 0 atom stereocenters. The smallest absolute Gasteiger partial charge is 0.142 e. The molecule has 0 unspecified atom stereocenters. The predicted molar refractivity (Wildman–Crippen MR) is 40.5 cm³/mol. The van der Waals surface area contributed by atoms with E-state index in [1.54, 1.807) is 0 Å². The second kappa shape index (κ2) is 1.95. The second-order valence-electron chi connectivity index (χ2n) is 2.26. The lowest BCUT2D eigenvalue weighted by Gasteiger charge is -1.90. The number of rotatable bonds is 0. The topological polar surface area (TPSA) is 54.7 Å². The second-order valence-corrected chi connectivity index (χ2v) is 2.26. The van der Waals surface area contributed by atoms with Gasteiger partial charge in [-0.2, -0.15) is 0 Å². The number of nitrogens with one attached hydrogen (secondary N) is 1. The molecule has 2 aromatic heterocycles. The van der Waals surface area contributed by atoms with Gasteiger partial charge in [0, 0.05) is 12.4 Å². The van der Waals surface area contributed by atoms with Crippen molar-refractivity contribution in [1.29, 1.82) is 0 Å². The summed E-state index contributed by atoms with van der Waals surface area (Å²) < 4.78 is 12.9. The highest BCUT2D eigenvalue weighted by atomic mass is 19.1. The van der Waals surface area contributed by atoms with E-state index in [1.807, 2.05) is 0 Å². The van der Waals surface area contributed by atoms with Gasteiger partial charge in [0.05, 0.1) is 11.1 Å².